The molecule has 1 N–H and O–H groups in total. The molecule has 1 fully saturated rings. The normalized spacial score (nSPS) is 20.1. The molecule has 0 saturated carbocycles. The summed E-state index contributed by atoms with van der Waals surface area (Å²) in [6, 6.07) is 14.8. The van der Waals surface area contributed by atoms with Crippen molar-refractivity contribution in [3.8, 4) is 0 Å². The highest BCUT2D eigenvalue weighted by atomic mass is 19.3. The summed E-state index contributed by atoms with van der Waals surface area (Å²) in [6.07, 6.45) is -3.11. The second kappa shape index (κ2) is 6.72. The summed E-state index contributed by atoms with van der Waals surface area (Å²) in [5.41, 5.74) is -1.39. The largest absolute Gasteiger partial charge is 0.382 e. The third-order valence-electron chi connectivity index (χ3n) is 4.41. The lowest BCUT2D eigenvalue weighted by molar-refractivity contribution is -0.0855. The Morgan fingerprint density at radius 3 is 2.20 bits per heavy atom. The zero-order valence-corrected chi connectivity index (χ0v) is 13.4. The summed E-state index contributed by atoms with van der Waals surface area (Å²) in [5.74, 6) is -0.843. The van der Waals surface area contributed by atoms with E-state index in [1.807, 2.05) is 0 Å². The zero-order chi connectivity index (χ0) is 18.0. The number of ketones is 1. The fourth-order valence-corrected chi connectivity index (χ4v) is 2.95. The van der Waals surface area contributed by atoms with E-state index in [4.69, 9.17) is 0 Å². The number of benzene rings is 2. The minimum absolute atomic E-state index is 0.0214. The van der Waals surface area contributed by atoms with E-state index in [1.54, 1.807) is 42.5 Å². The van der Waals surface area contributed by atoms with Crippen LogP contribution in [0.5, 0.6) is 0 Å². The topological polar surface area (TPSA) is 57.6 Å². The van der Waals surface area contributed by atoms with E-state index in [2.05, 4.69) is 0 Å². The van der Waals surface area contributed by atoms with Gasteiger partial charge in [0.15, 0.2) is 5.78 Å². The Kier molecular flexibility index (Phi) is 4.63. The predicted molar refractivity (Wildman–Crippen MR) is 87.8 cm³/mol. The van der Waals surface area contributed by atoms with Gasteiger partial charge >= 0.3 is 0 Å². The molecule has 2 aromatic rings. The predicted octanol–water partition coefficient (Wildman–Crippen LogP) is 2.76. The first-order valence-electron chi connectivity index (χ1n) is 7.91. The zero-order valence-electron chi connectivity index (χ0n) is 13.4. The standard InChI is InChI=1S/C19H17F2NO3/c20-18(21)19(25)10-11-22(12-19)17(24)15-9-5-4-8-14(15)16(23)13-6-2-1-3-7-13/h1-9,18,25H,10-12H2. The molecule has 1 atom stereocenters. The van der Waals surface area contributed by atoms with Crippen LogP contribution in [0.15, 0.2) is 54.6 Å². The van der Waals surface area contributed by atoms with Gasteiger partial charge in [0.2, 0.25) is 0 Å². The molecule has 2 aromatic carbocycles. The fraction of sp³-hybridized carbons (Fsp3) is 0.263. The van der Waals surface area contributed by atoms with E-state index in [1.165, 1.54) is 17.0 Å². The number of halogens is 2. The number of alkyl halides is 2. The number of hydrogen-bond acceptors (Lipinski definition) is 3. The first-order valence-corrected chi connectivity index (χ1v) is 7.91. The molecular weight excluding hydrogens is 328 g/mol. The number of carbonyl (C=O) groups excluding carboxylic acids is 2. The van der Waals surface area contributed by atoms with Crippen LogP contribution in [0.1, 0.15) is 32.7 Å². The monoisotopic (exact) mass is 345 g/mol. The molecule has 0 aromatic heterocycles. The third kappa shape index (κ3) is 3.30. The van der Waals surface area contributed by atoms with Crippen LogP contribution in [-0.2, 0) is 0 Å². The number of nitrogens with zero attached hydrogens (tertiary/aromatic N) is 1. The minimum Gasteiger partial charge on any atom is -0.382 e. The van der Waals surface area contributed by atoms with E-state index in [9.17, 15) is 23.5 Å². The first kappa shape index (κ1) is 17.2. The molecule has 130 valence electrons. The van der Waals surface area contributed by atoms with E-state index in [0.717, 1.165) is 0 Å². The molecule has 1 saturated heterocycles. The van der Waals surface area contributed by atoms with E-state index >= 15 is 0 Å². The number of amides is 1. The van der Waals surface area contributed by atoms with Crippen molar-refractivity contribution in [1.82, 2.24) is 4.90 Å². The van der Waals surface area contributed by atoms with Gasteiger partial charge in [0.1, 0.15) is 5.60 Å². The molecule has 1 unspecified atom stereocenters. The molecule has 1 amide bonds. The van der Waals surface area contributed by atoms with Crippen molar-refractivity contribution in [2.24, 2.45) is 0 Å². The number of β-amino-alcohol motifs (C(OH)–C–C–N with tert-alkyl or cyclic N) is 1. The first-order chi connectivity index (χ1) is 11.9. The molecular formula is C19H17F2NO3. The third-order valence-corrected chi connectivity index (χ3v) is 4.41. The van der Waals surface area contributed by atoms with Gasteiger partial charge in [-0.1, -0.05) is 48.5 Å². The van der Waals surface area contributed by atoms with Gasteiger partial charge in [0.05, 0.1) is 12.1 Å². The van der Waals surface area contributed by atoms with Crippen LogP contribution in [0, 0.1) is 0 Å². The van der Waals surface area contributed by atoms with Crippen molar-refractivity contribution in [2.75, 3.05) is 13.1 Å². The van der Waals surface area contributed by atoms with Crippen molar-refractivity contribution in [1.29, 1.82) is 0 Å². The maximum absolute atomic E-state index is 13.0. The van der Waals surface area contributed by atoms with Gasteiger partial charge in [-0.25, -0.2) is 8.78 Å². The Morgan fingerprint density at radius 2 is 1.60 bits per heavy atom. The highest BCUT2D eigenvalue weighted by molar-refractivity contribution is 6.15. The van der Waals surface area contributed by atoms with Gasteiger partial charge in [-0.15, -0.1) is 0 Å². The van der Waals surface area contributed by atoms with Crippen LogP contribution in [-0.4, -0.2) is 46.8 Å². The van der Waals surface area contributed by atoms with Crippen molar-refractivity contribution < 1.29 is 23.5 Å². The Morgan fingerprint density at radius 1 is 1.00 bits per heavy atom. The molecule has 4 nitrogen and oxygen atoms in total. The molecule has 6 heteroatoms. The van der Waals surface area contributed by atoms with E-state index in [-0.39, 0.29) is 29.9 Å². The van der Waals surface area contributed by atoms with Gasteiger partial charge in [-0.3, -0.25) is 9.59 Å². The number of carbonyl (C=O) groups is 2. The van der Waals surface area contributed by atoms with Crippen LogP contribution in [0.3, 0.4) is 0 Å². The quantitative estimate of drug-likeness (QED) is 0.867. The Labute approximate surface area is 143 Å². The van der Waals surface area contributed by atoms with Gasteiger partial charge < -0.3 is 10.0 Å². The number of hydrogen-bond donors (Lipinski definition) is 1. The Hall–Kier alpha value is -2.60. The van der Waals surface area contributed by atoms with Crippen LogP contribution in [0.25, 0.3) is 0 Å². The Balaban J connectivity index is 1.89. The maximum atomic E-state index is 13.0. The number of rotatable bonds is 4. The lowest BCUT2D eigenvalue weighted by Gasteiger charge is -2.23. The van der Waals surface area contributed by atoms with E-state index in [0.29, 0.717) is 5.56 Å². The van der Waals surface area contributed by atoms with Crippen molar-refractivity contribution in [3.63, 3.8) is 0 Å². The highest BCUT2D eigenvalue weighted by Crippen LogP contribution is 2.29. The lowest BCUT2D eigenvalue weighted by Crippen LogP contribution is -2.41. The summed E-state index contributed by atoms with van der Waals surface area (Å²) in [5, 5.41) is 9.88. The average Bonchev–Trinajstić information content (AvgIpc) is 3.05. The second-order valence-electron chi connectivity index (χ2n) is 6.12. The van der Waals surface area contributed by atoms with E-state index < -0.39 is 24.5 Å². The van der Waals surface area contributed by atoms with Crippen molar-refractivity contribution in [3.05, 3.63) is 71.3 Å². The minimum atomic E-state index is -2.92. The molecule has 1 aliphatic heterocycles. The molecule has 0 aliphatic carbocycles. The van der Waals surface area contributed by atoms with Crippen LogP contribution in [0.2, 0.25) is 0 Å². The summed E-state index contributed by atoms with van der Waals surface area (Å²) in [6.45, 7) is -0.426. The number of likely N-dealkylation sites (tertiary alicyclic amines) is 1. The van der Waals surface area contributed by atoms with Crippen molar-refractivity contribution >= 4 is 11.7 Å². The summed E-state index contributed by atoms with van der Waals surface area (Å²) >= 11 is 0. The summed E-state index contributed by atoms with van der Waals surface area (Å²) < 4.78 is 25.9. The molecule has 0 radical (unpaired) electrons. The molecule has 3 rings (SSSR count). The maximum Gasteiger partial charge on any atom is 0.268 e. The fourth-order valence-electron chi connectivity index (χ4n) is 2.95. The summed E-state index contributed by atoms with van der Waals surface area (Å²) in [4.78, 5) is 26.6. The molecule has 0 spiro atoms. The van der Waals surface area contributed by atoms with Crippen molar-refractivity contribution in [2.45, 2.75) is 18.4 Å². The Bertz CT molecular complexity index is 794. The number of aliphatic hydroxyl groups is 1. The molecule has 1 aliphatic rings. The van der Waals surface area contributed by atoms with Crippen LogP contribution < -0.4 is 0 Å². The van der Waals surface area contributed by atoms with Gasteiger partial charge in [0.25, 0.3) is 12.3 Å². The lowest BCUT2D eigenvalue weighted by atomic mass is 9.97. The molecule has 25 heavy (non-hydrogen) atoms. The highest BCUT2D eigenvalue weighted by Gasteiger charge is 2.45. The van der Waals surface area contributed by atoms with Crippen LogP contribution in [0.4, 0.5) is 8.78 Å². The second-order valence-corrected chi connectivity index (χ2v) is 6.12. The SMILES string of the molecule is O=C(c1ccccc1)c1ccccc1C(=O)N1CCC(O)(C(F)F)C1. The summed E-state index contributed by atoms with van der Waals surface area (Å²) in [7, 11) is 0. The van der Waals surface area contributed by atoms with Crippen LogP contribution >= 0.6 is 0 Å². The molecule has 0 bridgehead atoms. The van der Waals surface area contributed by atoms with Gasteiger partial charge in [-0.2, -0.15) is 0 Å². The smallest absolute Gasteiger partial charge is 0.268 e. The average molecular weight is 345 g/mol. The van der Waals surface area contributed by atoms with Gasteiger partial charge in [0, 0.05) is 24.1 Å². The van der Waals surface area contributed by atoms with Gasteiger partial charge in [-0.05, 0) is 6.07 Å². The molecule has 1 heterocycles.